The molecule has 0 aromatic carbocycles. The molecule has 2 aromatic heterocycles. The summed E-state index contributed by atoms with van der Waals surface area (Å²) in [5.41, 5.74) is 0. The van der Waals surface area contributed by atoms with Crippen molar-refractivity contribution >= 4 is 22.4 Å². The Morgan fingerprint density at radius 2 is 2.40 bits per heavy atom. The van der Waals surface area contributed by atoms with Crippen LogP contribution in [0.2, 0.25) is 0 Å². The number of hydrogen-bond donors (Lipinski definition) is 1. The molecule has 0 radical (unpaired) electrons. The van der Waals surface area contributed by atoms with E-state index in [9.17, 15) is 4.79 Å². The van der Waals surface area contributed by atoms with E-state index < -0.39 is 0 Å². The van der Waals surface area contributed by atoms with Gasteiger partial charge in [0.1, 0.15) is 0 Å². The highest BCUT2D eigenvalue weighted by atomic mass is 32.1. The lowest BCUT2D eigenvalue weighted by atomic mass is 10.2. The zero-order valence-corrected chi connectivity index (χ0v) is 12.5. The summed E-state index contributed by atoms with van der Waals surface area (Å²) < 4.78 is 1.86. The van der Waals surface area contributed by atoms with Gasteiger partial charge in [0.15, 0.2) is 5.13 Å². The van der Waals surface area contributed by atoms with Crippen molar-refractivity contribution in [3.05, 3.63) is 30.0 Å². The summed E-state index contributed by atoms with van der Waals surface area (Å²) in [4.78, 5) is 18.4. The highest BCUT2D eigenvalue weighted by molar-refractivity contribution is 7.13. The molecule has 2 rings (SSSR count). The van der Waals surface area contributed by atoms with E-state index >= 15 is 0 Å². The molecule has 0 unspecified atom stereocenters. The summed E-state index contributed by atoms with van der Waals surface area (Å²) in [6.45, 7) is 3.55. The van der Waals surface area contributed by atoms with Crippen LogP contribution in [-0.2, 0) is 11.3 Å². The molecule has 0 aliphatic heterocycles. The van der Waals surface area contributed by atoms with Gasteiger partial charge >= 0.3 is 0 Å². The third-order valence-electron chi connectivity index (χ3n) is 3.12. The predicted octanol–water partition coefficient (Wildman–Crippen LogP) is 1.69. The summed E-state index contributed by atoms with van der Waals surface area (Å²) in [6, 6.07) is 1.74. The van der Waals surface area contributed by atoms with Crippen LogP contribution in [0.5, 0.6) is 0 Å². The maximum atomic E-state index is 12.2. The molecular weight excluding hydrogens is 274 g/mol. The van der Waals surface area contributed by atoms with Crippen molar-refractivity contribution in [2.45, 2.75) is 25.9 Å². The second-order valence-electron chi connectivity index (χ2n) is 4.50. The number of anilines is 1. The minimum Gasteiger partial charge on any atom is -0.301 e. The summed E-state index contributed by atoms with van der Waals surface area (Å²) in [6.07, 6.45) is 6.12. The average Bonchev–Trinajstić information content (AvgIpc) is 3.10. The third kappa shape index (κ3) is 3.88. The summed E-state index contributed by atoms with van der Waals surface area (Å²) in [5.74, 6) is -0.00887. The van der Waals surface area contributed by atoms with Gasteiger partial charge in [-0.2, -0.15) is 5.10 Å². The fraction of sp³-hybridized carbons (Fsp3) is 0.462. The number of nitrogens with zero attached hydrogens (tertiary/aromatic N) is 4. The van der Waals surface area contributed by atoms with Crippen LogP contribution in [0.25, 0.3) is 0 Å². The van der Waals surface area contributed by atoms with Crippen LogP contribution in [0.1, 0.15) is 13.3 Å². The first kappa shape index (κ1) is 14.7. The van der Waals surface area contributed by atoms with Crippen molar-refractivity contribution in [2.24, 2.45) is 0 Å². The molecule has 1 N–H and O–H groups in total. The van der Waals surface area contributed by atoms with Crippen molar-refractivity contribution in [1.29, 1.82) is 0 Å². The van der Waals surface area contributed by atoms with E-state index in [1.165, 1.54) is 11.3 Å². The van der Waals surface area contributed by atoms with E-state index in [1.54, 1.807) is 12.4 Å². The van der Waals surface area contributed by atoms with Crippen LogP contribution >= 0.6 is 11.3 Å². The molecule has 20 heavy (non-hydrogen) atoms. The smallest absolute Gasteiger partial charge is 0.243 e. The van der Waals surface area contributed by atoms with Gasteiger partial charge in [-0.15, -0.1) is 11.3 Å². The van der Waals surface area contributed by atoms with Crippen molar-refractivity contribution < 1.29 is 4.79 Å². The number of carbonyl (C=O) groups excluding carboxylic acids is 1. The molecule has 0 saturated carbocycles. The molecule has 1 atom stereocenters. The molecule has 0 fully saturated rings. The normalized spacial score (nSPS) is 12.6. The maximum Gasteiger partial charge on any atom is 0.243 e. The lowest BCUT2D eigenvalue weighted by Crippen LogP contribution is -2.42. The number of amides is 1. The monoisotopic (exact) mass is 293 g/mol. The molecule has 2 heterocycles. The van der Waals surface area contributed by atoms with Gasteiger partial charge < -0.3 is 5.32 Å². The van der Waals surface area contributed by atoms with Crippen molar-refractivity contribution in [2.75, 3.05) is 18.9 Å². The number of thiazole rings is 1. The van der Waals surface area contributed by atoms with Crippen LogP contribution in [0, 0.1) is 0 Å². The summed E-state index contributed by atoms with van der Waals surface area (Å²) in [5, 5.41) is 9.50. The van der Waals surface area contributed by atoms with E-state index in [0.29, 0.717) is 5.13 Å². The first-order chi connectivity index (χ1) is 9.70. The molecule has 0 spiro atoms. The zero-order chi connectivity index (χ0) is 14.4. The minimum atomic E-state index is -0.158. The highest BCUT2D eigenvalue weighted by Gasteiger charge is 2.21. The molecule has 0 bridgehead atoms. The van der Waals surface area contributed by atoms with Crippen LogP contribution < -0.4 is 5.32 Å². The standard InChI is InChI=1S/C13H19N5OS/c1-3-11(12(19)16-13-14-6-10-20-13)17(2)8-9-18-7-4-5-15-18/h4-7,10-11H,3,8-9H2,1-2H3,(H,14,16,19)/t11-/m0/s1. The molecule has 108 valence electrons. The van der Waals surface area contributed by atoms with E-state index in [4.69, 9.17) is 0 Å². The first-order valence-corrected chi connectivity index (χ1v) is 7.46. The first-order valence-electron chi connectivity index (χ1n) is 6.58. The molecule has 0 aliphatic rings. The third-order valence-corrected chi connectivity index (χ3v) is 3.81. The number of aromatic nitrogens is 3. The van der Waals surface area contributed by atoms with Gasteiger partial charge in [0.05, 0.1) is 12.6 Å². The van der Waals surface area contributed by atoms with Gasteiger partial charge in [0.2, 0.25) is 5.91 Å². The molecular formula is C13H19N5OS. The molecule has 6 nitrogen and oxygen atoms in total. The van der Waals surface area contributed by atoms with E-state index in [0.717, 1.165) is 19.5 Å². The molecule has 7 heteroatoms. The Hall–Kier alpha value is -1.73. The maximum absolute atomic E-state index is 12.2. The SMILES string of the molecule is CC[C@@H](C(=O)Nc1nccs1)N(C)CCn1cccn1. The topological polar surface area (TPSA) is 63.1 Å². The van der Waals surface area contributed by atoms with E-state index in [1.807, 2.05) is 41.2 Å². The summed E-state index contributed by atoms with van der Waals surface area (Å²) in [7, 11) is 1.96. The fourth-order valence-electron chi connectivity index (χ4n) is 2.02. The predicted molar refractivity (Wildman–Crippen MR) is 79.7 cm³/mol. The summed E-state index contributed by atoms with van der Waals surface area (Å²) >= 11 is 1.43. The van der Waals surface area contributed by atoms with Gasteiger partial charge in [0, 0.05) is 30.5 Å². The molecule has 0 aliphatic carbocycles. The Labute approximate surface area is 122 Å². The van der Waals surface area contributed by atoms with Gasteiger partial charge in [-0.1, -0.05) is 6.92 Å². The quantitative estimate of drug-likeness (QED) is 0.844. The number of likely N-dealkylation sites (N-methyl/N-ethyl adjacent to an activating group) is 1. The van der Waals surface area contributed by atoms with E-state index in [2.05, 4.69) is 15.4 Å². The minimum absolute atomic E-state index is 0.00887. The second kappa shape index (κ2) is 7.16. The van der Waals surface area contributed by atoms with Gasteiger partial charge in [-0.05, 0) is 19.5 Å². The lowest BCUT2D eigenvalue weighted by Gasteiger charge is -2.25. The Balaban J connectivity index is 1.87. The van der Waals surface area contributed by atoms with Gasteiger partial charge in [-0.25, -0.2) is 4.98 Å². The zero-order valence-electron chi connectivity index (χ0n) is 11.7. The lowest BCUT2D eigenvalue weighted by molar-refractivity contribution is -0.121. The van der Waals surface area contributed by atoms with Crippen LogP contribution in [-0.4, -0.2) is 45.2 Å². The van der Waals surface area contributed by atoms with Crippen molar-refractivity contribution in [1.82, 2.24) is 19.7 Å². The second-order valence-corrected chi connectivity index (χ2v) is 5.39. The fourth-order valence-corrected chi connectivity index (χ4v) is 2.55. The van der Waals surface area contributed by atoms with E-state index in [-0.39, 0.29) is 11.9 Å². The number of nitrogens with one attached hydrogen (secondary N) is 1. The highest BCUT2D eigenvalue weighted by Crippen LogP contribution is 2.12. The number of carbonyl (C=O) groups is 1. The largest absolute Gasteiger partial charge is 0.301 e. The number of rotatable bonds is 7. The van der Waals surface area contributed by atoms with Crippen molar-refractivity contribution in [3.8, 4) is 0 Å². The molecule has 1 amide bonds. The van der Waals surface area contributed by atoms with Crippen LogP contribution in [0.3, 0.4) is 0 Å². The number of hydrogen-bond acceptors (Lipinski definition) is 5. The van der Waals surface area contributed by atoms with Crippen LogP contribution in [0.4, 0.5) is 5.13 Å². The van der Waals surface area contributed by atoms with Crippen LogP contribution in [0.15, 0.2) is 30.0 Å². The van der Waals surface area contributed by atoms with Crippen molar-refractivity contribution in [3.63, 3.8) is 0 Å². The molecule has 0 saturated heterocycles. The van der Waals surface area contributed by atoms with Gasteiger partial charge in [0.25, 0.3) is 0 Å². The average molecular weight is 293 g/mol. The Bertz CT molecular complexity index is 511. The molecule has 2 aromatic rings. The Morgan fingerprint density at radius 3 is 3.00 bits per heavy atom. The Morgan fingerprint density at radius 1 is 1.55 bits per heavy atom. The van der Waals surface area contributed by atoms with Gasteiger partial charge in [-0.3, -0.25) is 14.4 Å². The Kier molecular flexibility index (Phi) is 5.25.